The highest BCUT2D eigenvalue weighted by Crippen LogP contribution is 2.37. The van der Waals surface area contributed by atoms with Crippen LogP contribution in [0, 0.1) is 24.2 Å². The van der Waals surface area contributed by atoms with Gasteiger partial charge in [0.25, 0.3) is 0 Å². The number of hydrogen-bond donors (Lipinski definition) is 4. The minimum atomic E-state index is -1.51. The maximum absolute atomic E-state index is 13.1. The monoisotopic (exact) mass is 660 g/mol. The van der Waals surface area contributed by atoms with Crippen LogP contribution in [0.3, 0.4) is 0 Å². The van der Waals surface area contributed by atoms with Crippen LogP contribution in [0.25, 0.3) is 0 Å². The zero-order valence-electron chi connectivity index (χ0n) is 28.9. The van der Waals surface area contributed by atoms with Crippen molar-refractivity contribution in [1.29, 1.82) is 0 Å². The SMILES string of the molecule is C#CCN1CCN(C(=O)OC2/C=C\C(C)C(/C(C)=C/C=C/C(C)(O)CC3OC3C(C)C(O)CC)OC(=O)CC(O)CCC2(C)O)CC1. The normalized spacial score (nSPS) is 34.6. The second-order valence-corrected chi connectivity index (χ2v) is 14.0. The number of rotatable bonds is 10. The maximum Gasteiger partial charge on any atom is 0.410 e. The van der Waals surface area contributed by atoms with Crippen molar-refractivity contribution in [2.24, 2.45) is 11.8 Å². The van der Waals surface area contributed by atoms with E-state index >= 15 is 0 Å². The van der Waals surface area contributed by atoms with E-state index in [0.29, 0.717) is 51.1 Å². The van der Waals surface area contributed by atoms with Gasteiger partial charge in [0.2, 0.25) is 0 Å². The lowest BCUT2D eigenvalue weighted by Crippen LogP contribution is -2.51. The molecule has 47 heavy (non-hydrogen) atoms. The number of terminal acetylenes is 1. The molecule has 10 atom stereocenters. The summed E-state index contributed by atoms with van der Waals surface area (Å²) in [6.45, 7) is 13.4. The summed E-state index contributed by atoms with van der Waals surface area (Å²) in [4.78, 5) is 29.6. The maximum atomic E-state index is 13.1. The van der Waals surface area contributed by atoms with E-state index in [9.17, 15) is 30.0 Å². The van der Waals surface area contributed by atoms with E-state index in [0.717, 1.165) is 0 Å². The Kier molecular flexibility index (Phi) is 14.1. The first kappa shape index (κ1) is 38.7. The average Bonchev–Trinajstić information content (AvgIpc) is 3.77. The summed E-state index contributed by atoms with van der Waals surface area (Å²) in [5.41, 5.74) is -1.98. The van der Waals surface area contributed by atoms with E-state index in [4.69, 9.17) is 20.6 Å². The second kappa shape index (κ2) is 17.1. The van der Waals surface area contributed by atoms with E-state index in [1.54, 1.807) is 49.1 Å². The molecule has 11 heteroatoms. The fourth-order valence-corrected chi connectivity index (χ4v) is 6.20. The predicted molar refractivity (Wildman–Crippen MR) is 178 cm³/mol. The Morgan fingerprint density at radius 1 is 1.30 bits per heavy atom. The average molecular weight is 661 g/mol. The smallest absolute Gasteiger partial charge is 0.410 e. The number of piperazine rings is 1. The van der Waals surface area contributed by atoms with Gasteiger partial charge in [0.1, 0.15) is 11.7 Å². The van der Waals surface area contributed by atoms with Crippen molar-refractivity contribution in [3.8, 4) is 12.3 Å². The largest absolute Gasteiger partial charge is 0.457 e. The van der Waals surface area contributed by atoms with Crippen LogP contribution >= 0.6 is 0 Å². The quantitative estimate of drug-likeness (QED) is 0.0905. The number of hydrogen-bond acceptors (Lipinski definition) is 10. The number of aliphatic hydroxyl groups excluding tert-OH is 2. The minimum Gasteiger partial charge on any atom is -0.457 e. The number of nitrogens with zero attached hydrogens (tertiary/aromatic N) is 2. The molecular formula is C36H56N2O9. The number of carbonyl (C=O) groups is 2. The molecule has 0 aromatic heterocycles. The van der Waals surface area contributed by atoms with Crippen molar-refractivity contribution in [3.63, 3.8) is 0 Å². The molecule has 3 aliphatic rings. The van der Waals surface area contributed by atoms with Gasteiger partial charge in [0.15, 0.2) is 6.10 Å². The number of cyclic esters (lactones) is 1. The molecule has 264 valence electrons. The topological polar surface area (TPSA) is 153 Å². The molecule has 4 N–H and O–H groups in total. The van der Waals surface area contributed by atoms with Gasteiger partial charge in [-0.15, -0.1) is 6.42 Å². The first-order valence-corrected chi connectivity index (χ1v) is 16.9. The van der Waals surface area contributed by atoms with Gasteiger partial charge in [-0.1, -0.05) is 51.0 Å². The number of aliphatic hydroxyl groups is 4. The van der Waals surface area contributed by atoms with Gasteiger partial charge in [0, 0.05) is 44.4 Å². The third-order valence-electron chi connectivity index (χ3n) is 9.54. The van der Waals surface area contributed by atoms with Crippen molar-refractivity contribution < 1.29 is 44.2 Å². The Morgan fingerprint density at radius 3 is 2.62 bits per heavy atom. The third-order valence-corrected chi connectivity index (χ3v) is 9.54. The Labute approximate surface area is 280 Å². The molecule has 0 aromatic carbocycles. The molecule has 0 radical (unpaired) electrons. The van der Waals surface area contributed by atoms with Gasteiger partial charge in [-0.25, -0.2) is 4.79 Å². The lowest BCUT2D eigenvalue weighted by Gasteiger charge is -2.36. The van der Waals surface area contributed by atoms with Crippen LogP contribution in [0.1, 0.15) is 73.6 Å². The van der Waals surface area contributed by atoms with Gasteiger partial charge in [-0.2, -0.15) is 0 Å². The summed E-state index contributed by atoms with van der Waals surface area (Å²) in [5, 5.41) is 43.1. The molecule has 3 rings (SSSR count). The second-order valence-electron chi connectivity index (χ2n) is 14.0. The molecule has 2 fully saturated rings. The van der Waals surface area contributed by atoms with Crippen LogP contribution in [-0.4, -0.2) is 123 Å². The third kappa shape index (κ3) is 11.7. The number of ether oxygens (including phenoxy) is 3. The molecule has 1 amide bonds. The van der Waals surface area contributed by atoms with Crippen LogP contribution < -0.4 is 0 Å². The Balaban J connectivity index is 1.73. The van der Waals surface area contributed by atoms with E-state index in [1.807, 2.05) is 27.7 Å². The van der Waals surface area contributed by atoms with E-state index < -0.39 is 53.6 Å². The van der Waals surface area contributed by atoms with Gasteiger partial charge in [-0.3, -0.25) is 9.69 Å². The summed E-state index contributed by atoms with van der Waals surface area (Å²) < 4.78 is 17.4. The Bertz CT molecular complexity index is 1180. The molecule has 10 unspecified atom stereocenters. The molecule has 0 aromatic rings. The Hall–Kier alpha value is -2.72. The van der Waals surface area contributed by atoms with Crippen LogP contribution in [0.4, 0.5) is 4.79 Å². The van der Waals surface area contributed by atoms with Crippen LogP contribution in [-0.2, 0) is 19.0 Å². The molecule has 11 nitrogen and oxygen atoms in total. The Morgan fingerprint density at radius 2 is 1.98 bits per heavy atom. The fourth-order valence-electron chi connectivity index (χ4n) is 6.20. The zero-order chi connectivity index (χ0) is 34.9. The highest BCUT2D eigenvalue weighted by molar-refractivity contribution is 5.70. The summed E-state index contributed by atoms with van der Waals surface area (Å²) in [5.74, 6) is 1.64. The first-order chi connectivity index (χ1) is 22.1. The van der Waals surface area contributed by atoms with E-state index in [2.05, 4.69) is 10.8 Å². The summed E-state index contributed by atoms with van der Waals surface area (Å²) >= 11 is 0. The molecule has 0 aliphatic carbocycles. The molecule has 3 aliphatic heterocycles. The van der Waals surface area contributed by atoms with Crippen LogP contribution in [0.5, 0.6) is 0 Å². The summed E-state index contributed by atoms with van der Waals surface area (Å²) in [7, 11) is 0. The molecule has 0 bridgehead atoms. The lowest BCUT2D eigenvalue weighted by molar-refractivity contribution is -0.151. The number of carbonyl (C=O) groups excluding carboxylic acids is 2. The lowest BCUT2D eigenvalue weighted by atomic mass is 9.88. The summed E-state index contributed by atoms with van der Waals surface area (Å²) in [6.07, 6.45) is 10.9. The zero-order valence-corrected chi connectivity index (χ0v) is 28.9. The van der Waals surface area contributed by atoms with Crippen molar-refractivity contribution in [3.05, 3.63) is 36.0 Å². The summed E-state index contributed by atoms with van der Waals surface area (Å²) in [6, 6.07) is 0. The molecule has 3 heterocycles. The van der Waals surface area contributed by atoms with Crippen molar-refractivity contribution >= 4 is 12.1 Å². The minimum absolute atomic E-state index is 0.0162. The number of epoxide rings is 1. The van der Waals surface area contributed by atoms with Gasteiger partial charge in [0.05, 0.1) is 43.0 Å². The molecule has 0 saturated carbocycles. The van der Waals surface area contributed by atoms with Gasteiger partial charge in [-0.05, 0) is 51.7 Å². The van der Waals surface area contributed by atoms with E-state index in [1.165, 1.54) is 0 Å². The van der Waals surface area contributed by atoms with Crippen molar-refractivity contribution in [2.45, 2.75) is 121 Å². The van der Waals surface area contributed by atoms with Crippen LogP contribution in [0.15, 0.2) is 36.0 Å². The number of esters is 1. The standard InChI is InChI=1S/C36H56N2O9/c1-8-17-37-18-20-38(21-19-37)34(42)46-30-13-12-25(4)32(47-31(41)22-27(39)14-16-36(30,7)44)24(3)11-10-15-35(6,43)23-29-33(45-29)26(5)28(40)9-2/h1,10-13,15,25-30,32-33,39-40,43-44H,9,14,16-23H2,2-7H3/b13-12-,15-10+,24-11+. The predicted octanol–water partition coefficient (Wildman–Crippen LogP) is 2.96. The first-order valence-electron chi connectivity index (χ1n) is 16.9. The molecular weight excluding hydrogens is 604 g/mol. The van der Waals surface area contributed by atoms with Crippen molar-refractivity contribution in [2.75, 3.05) is 32.7 Å². The number of amides is 1. The van der Waals surface area contributed by atoms with E-state index in [-0.39, 0.29) is 37.4 Å². The van der Waals surface area contributed by atoms with Crippen molar-refractivity contribution in [1.82, 2.24) is 9.80 Å². The molecule has 2 saturated heterocycles. The number of allylic oxidation sites excluding steroid dienone is 2. The van der Waals surface area contributed by atoms with Gasteiger partial charge < -0.3 is 39.5 Å². The fraction of sp³-hybridized carbons (Fsp3) is 0.722. The molecule has 0 spiro atoms. The van der Waals surface area contributed by atoms with Crippen LogP contribution in [0.2, 0.25) is 0 Å². The van der Waals surface area contributed by atoms with Gasteiger partial charge >= 0.3 is 12.1 Å². The highest BCUT2D eigenvalue weighted by Gasteiger charge is 2.47. The highest BCUT2D eigenvalue weighted by atomic mass is 16.6.